The highest BCUT2D eigenvalue weighted by molar-refractivity contribution is 7.89. The van der Waals surface area contributed by atoms with Crippen molar-refractivity contribution in [2.75, 3.05) is 6.54 Å². The third-order valence-electron chi connectivity index (χ3n) is 2.84. The summed E-state index contributed by atoms with van der Waals surface area (Å²) < 4.78 is 26.5. The van der Waals surface area contributed by atoms with Crippen LogP contribution < -0.4 is 10.0 Å². The fourth-order valence-electron chi connectivity index (χ4n) is 1.82. The number of rotatable bonds is 8. The van der Waals surface area contributed by atoms with E-state index in [9.17, 15) is 13.2 Å². The molecule has 0 heterocycles. The maximum atomic E-state index is 12.0. The zero-order chi connectivity index (χ0) is 15.9. The highest BCUT2D eigenvalue weighted by Gasteiger charge is 2.14. The van der Waals surface area contributed by atoms with E-state index in [1.807, 2.05) is 6.92 Å². The number of sulfonamides is 1. The molecule has 1 aromatic rings. The van der Waals surface area contributed by atoms with Crippen molar-refractivity contribution in [2.45, 2.75) is 51.0 Å². The summed E-state index contributed by atoms with van der Waals surface area (Å²) in [5.74, 6) is 0.0232. The van der Waals surface area contributed by atoms with Crippen LogP contribution in [-0.2, 0) is 21.2 Å². The summed E-state index contributed by atoms with van der Waals surface area (Å²) in [6.07, 6.45) is 1.94. The van der Waals surface area contributed by atoms with E-state index in [1.54, 1.807) is 38.1 Å². The van der Waals surface area contributed by atoms with E-state index in [-0.39, 0.29) is 16.8 Å². The summed E-state index contributed by atoms with van der Waals surface area (Å²) in [5, 5.41) is 2.81. The van der Waals surface area contributed by atoms with Gasteiger partial charge in [-0.1, -0.05) is 19.1 Å². The summed E-state index contributed by atoms with van der Waals surface area (Å²) in [5.41, 5.74) is 0.949. The molecule has 0 radical (unpaired) electrons. The standard InChI is InChI=1S/C15H24N2O3S/c1-4-11-16-15(18)10-7-13-5-8-14(9-6-13)21(19,20)17-12(2)3/h5-6,8-9,12,17H,4,7,10-11H2,1-3H3,(H,16,18). The summed E-state index contributed by atoms with van der Waals surface area (Å²) in [4.78, 5) is 11.8. The fraction of sp³-hybridized carbons (Fsp3) is 0.533. The largest absolute Gasteiger partial charge is 0.356 e. The zero-order valence-corrected chi connectivity index (χ0v) is 13.7. The Morgan fingerprint density at radius 1 is 1.19 bits per heavy atom. The molecule has 1 amide bonds. The Balaban J connectivity index is 2.60. The van der Waals surface area contributed by atoms with Crippen LogP contribution in [0.4, 0.5) is 0 Å². The Labute approximate surface area is 127 Å². The van der Waals surface area contributed by atoms with Crippen molar-refractivity contribution in [1.29, 1.82) is 0 Å². The fourth-order valence-corrected chi connectivity index (χ4v) is 3.08. The number of hydrogen-bond donors (Lipinski definition) is 2. The minimum atomic E-state index is -3.45. The number of aryl methyl sites for hydroxylation is 1. The molecule has 118 valence electrons. The van der Waals surface area contributed by atoms with E-state index in [0.717, 1.165) is 12.0 Å². The molecule has 0 atom stereocenters. The highest BCUT2D eigenvalue weighted by Crippen LogP contribution is 2.12. The van der Waals surface area contributed by atoms with Gasteiger partial charge in [0.15, 0.2) is 0 Å². The number of benzene rings is 1. The molecule has 0 aliphatic carbocycles. The molecule has 5 nitrogen and oxygen atoms in total. The lowest BCUT2D eigenvalue weighted by Crippen LogP contribution is -2.30. The average Bonchev–Trinajstić information content (AvgIpc) is 2.42. The van der Waals surface area contributed by atoms with Crippen LogP contribution >= 0.6 is 0 Å². The van der Waals surface area contributed by atoms with Gasteiger partial charge in [-0.15, -0.1) is 0 Å². The number of hydrogen-bond acceptors (Lipinski definition) is 3. The van der Waals surface area contributed by atoms with Crippen molar-refractivity contribution in [1.82, 2.24) is 10.0 Å². The van der Waals surface area contributed by atoms with E-state index in [0.29, 0.717) is 19.4 Å². The molecule has 0 spiro atoms. The lowest BCUT2D eigenvalue weighted by molar-refractivity contribution is -0.121. The van der Waals surface area contributed by atoms with E-state index >= 15 is 0 Å². The molecule has 6 heteroatoms. The van der Waals surface area contributed by atoms with Gasteiger partial charge in [0.2, 0.25) is 15.9 Å². The molecule has 21 heavy (non-hydrogen) atoms. The number of carbonyl (C=O) groups excluding carboxylic acids is 1. The van der Waals surface area contributed by atoms with Crippen LogP contribution in [0.5, 0.6) is 0 Å². The van der Waals surface area contributed by atoms with Gasteiger partial charge in [-0.25, -0.2) is 13.1 Å². The van der Waals surface area contributed by atoms with Gasteiger partial charge in [-0.05, 0) is 44.4 Å². The molecule has 0 fully saturated rings. The predicted molar refractivity (Wildman–Crippen MR) is 83.5 cm³/mol. The lowest BCUT2D eigenvalue weighted by atomic mass is 10.1. The Morgan fingerprint density at radius 3 is 2.33 bits per heavy atom. The van der Waals surface area contributed by atoms with Gasteiger partial charge >= 0.3 is 0 Å². The summed E-state index contributed by atoms with van der Waals surface area (Å²) in [7, 11) is -3.45. The van der Waals surface area contributed by atoms with Crippen molar-refractivity contribution in [2.24, 2.45) is 0 Å². The number of carbonyl (C=O) groups is 1. The van der Waals surface area contributed by atoms with Gasteiger partial charge in [0, 0.05) is 19.0 Å². The maximum Gasteiger partial charge on any atom is 0.240 e. The second kappa shape index (κ2) is 8.14. The highest BCUT2D eigenvalue weighted by atomic mass is 32.2. The van der Waals surface area contributed by atoms with E-state index in [1.165, 1.54) is 0 Å². The third kappa shape index (κ3) is 6.27. The average molecular weight is 312 g/mol. The Bertz CT molecular complexity index is 551. The molecule has 0 unspecified atom stereocenters. The van der Waals surface area contributed by atoms with Crippen LogP contribution in [0.15, 0.2) is 29.2 Å². The normalized spacial score (nSPS) is 11.6. The zero-order valence-electron chi connectivity index (χ0n) is 12.8. The molecule has 0 bridgehead atoms. The molecule has 0 aromatic heterocycles. The summed E-state index contributed by atoms with van der Waals surface area (Å²) in [6.45, 7) is 6.25. The molecular weight excluding hydrogens is 288 g/mol. The monoisotopic (exact) mass is 312 g/mol. The molecule has 1 rings (SSSR count). The molecule has 0 aliphatic rings. The van der Waals surface area contributed by atoms with Gasteiger partial charge in [0.25, 0.3) is 0 Å². The maximum absolute atomic E-state index is 12.0. The molecule has 0 saturated carbocycles. The van der Waals surface area contributed by atoms with Crippen LogP contribution in [0.1, 0.15) is 39.2 Å². The Kier molecular flexibility index (Phi) is 6.84. The van der Waals surface area contributed by atoms with Crippen molar-refractivity contribution >= 4 is 15.9 Å². The number of amides is 1. The Morgan fingerprint density at radius 2 is 1.81 bits per heavy atom. The molecule has 0 saturated heterocycles. The quantitative estimate of drug-likeness (QED) is 0.769. The van der Waals surface area contributed by atoms with Crippen LogP contribution in [0.2, 0.25) is 0 Å². The smallest absolute Gasteiger partial charge is 0.240 e. The first-order valence-corrected chi connectivity index (χ1v) is 8.71. The van der Waals surface area contributed by atoms with Crippen LogP contribution in [0.3, 0.4) is 0 Å². The lowest BCUT2D eigenvalue weighted by Gasteiger charge is -2.10. The van der Waals surface area contributed by atoms with E-state index in [2.05, 4.69) is 10.0 Å². The minimum absolute atomic E-state index is 0.0232. The predicted octanol–water partition coefficient (Wildman–Crippen LogP) is 1.83. The second-order valence-corrected chi connectivity index (χ2v) is 6.98. The van der Waals surface area contributed by atoms with Gasteiger partial charge in [-0.2, -0.15) is 0 Å². The van der Waals surface area contributed by atoms with Crippen LogP contribution in [-0.4, -0.2) is 26.9 Å². The second-order valence-electron chi connectivity index (χ2n) is 5.27. The summed E-state index contributed by atoms with van der Waals surface area (Å²) in [6, 6.07) is 6.51. The molecule has 1 aromatic carbocycles. The molecule has 2 N–H and O–H groups in total. The van der Waals surface area contributed by atoms with Crippen molar-refractivity contribution in [3.05, 3.63) is 29.8 Å². The molecular formula is C15H24N2O3S. The van der Waals surface area contributed by atoms with Gasteiger partial charge in [0.1, 0.15) is 0 Å². The molecule has 0 aliphatic heterocycles. The van der Waals surface area contributed by atoms with Crippen molar-refractivity contribution in [3.63, 3.8) is 0 Å². The van der Waals surface area contributed by atoms with Crippen LogP contribution in [0, 0.1) is 0 Å². The van der Waals surface area contributed by atoms with Crippen LogP contribution in [0.25, 0.3) is 0 Å². The topological polar surface area (TPSA) is 75.3 Å². The van der Waals surface area contributed by atoms with E-state index < -0.39 is 10.0 Å². The first-order chi connectivity index (χ1) is 9.85. The van der Waals surface area contributed by atoms with Gasteiger partial charge in [0.05, 0.1) is 4.90 Å². The van der Waals surface area contributed by atoms with Crippen molar-refractivity contribution < 1.29 is 13.2 Å². The number of nitrogens with one attached hydrogen (secondary N) is 2. The minimum Gasteiger partial charge on any atom is -0.356 e. The first-order valence-electron chi connectivity index (χ1n) is 7.23. The van der Waals surface area contributed by atoms with E-state index in [4.69, 9.17) is 0 Å². The Hall–Kier alpha value is -1.40. The van der Waals surface area contributed by atoms with Crippen molar-refractivity contribution in [3.8, 4) is 0 Å². The van der Waals surface area contributed by atoms with Gasteiger partial charge < -0.3 is 5.32 Å². The summed E-state index contributed by atoms with van der Waals surface area (Å²) >= 11 is 0. The van der Waals surface area contributed by atoms with Gasteiger partial charge in [-0.3, -0.25) is 4.79 Å². The SMILES string of the molecule is CCCNC(=O)CCc1ccc(S(=O)(=O)NC(C)C)cc1. The third-order valence-corrected chi connectivity index (χ3v) is 4.51. The first kappa shape index (κ1) is 17.7.